The summed E-state index contributed by atoms with van der Waals surface area (Å²) in [7, 11) is -2.74. The predicted molar refractivity (Wildman–Crippen MR) is 164 cm³/mol. The first-order valence-corrected chi connectivity index (χ1v) is 15.1. The molecule has 5 aromatic rings. The molecular weight excluding hydrogens is 484 g/mol. The molecule has 0 nitrogen and oxygen atoms in total. The zero-order valence-corrected chi connectivity index (χ0v) is 22.4. The third-order valence-corrected chi connectivity index (χ3v) is 12.3. The van der Waals surface area contributed by atoms with Crippen molar-refractivity contribution in [1.29, 1.82) is 0 Å². The quantitative estimate of drug-likeness (QED) is 0.0899. The summed E-state index contributed by atoms with van der Waals surface area (Å²) < 4.78 is 0. The predicted octanol–water partition coefficient (Wildman–Crippen LogP) is 7.10. The Balaban J connectivity index is 1.91. The molecule has 0 radical (unpaired) electrons. The molecule has 0 aliphatic carbocycles. The van der Waals surface area contributed by atoms with Gasteiger partial charge in [0.05, 0.1) is 0 Å². The van der Waals surface area contributed by atoms with Gasteiger partial charge in [-0.3, -0.25) is 0 Å². The van der Waals surface area contributed by atoms with Crippen molar-refractivity contribution in [1.82, 2.24) is 0 Å². The highest BCUT2D eigenvalue weighted by atomic mass is 35.5. The maximum atomic E-state index is 7.07. The number of hydrogen-bond acceptors (Lipinski definition) is 0. The van der Waals surface area contributed by atoms with E-state index in [0.29, 0.717) is 5.88 Å². The summed E-state index contributed by atoms with van der Waals surface area (Å²) in [4.78, 5) is 0. The smallest absolute Gasteiger partial charge is 0.122 e. The van der Waals surface area contributed by atoms with Gasteiger partial charge in [0, 0.05) is 5.88 Å². The van der Waals surface area contributed by atoms with E-state index in [1.165, 1.54) is 31.9 Å². The van der Waals surface area contributed by atoms with Gasteiger partial charge in [0.25, 0.3) is 0 Å². The minimum Gasteiger partial charge on any atom is -0.122 e. The van der Waals surface area contributed by atoms with Gasteiger partial charge < -0.3 is 0 Å². The van der Waals surface area contributed by atoms with Gasteiger partial charge in [0.1, 0.15) is 0 Å². The van der Waals surface area contributed by atoms with Crippen molar-refractivity contribution in [3.63, 3.8) is 0 Å². The fraction of sp³-hybridized carbons (Fsp3) is 0.0286. The van der Waals surface area contributed by atoms with Gasteiger partial charge in [0.2, 0.25) is 0 Å². The topological polar surface area (TPSA) is 0 Å². The maximum Gasteiger partial charge on any atom is 0.177 e. The lowest BCUT2D eigenvalue weighted by Crippen LogP contribution is -2.69. The summed E-state index contributed by atoms with van der Waals surface area (Å²) in [5.41, 5.74) is 3.52. The molecule has 0 aromatic heterocycles. The summed E-state index contributed by atoms with van der Waals surface area (Å²) >= 11 is 7.07. The minimum atomic E-state index is -2.74. The molecule has 5 aromatic carbocycles. The van der Waals surface area contributed by atoms with E-state index in [9.17, 15) is 0 Å². The van der Waals surface area contributed by atoms with Crippen molar-refractivity contribution in [3.8, 4) is 0 Å². The molecule has 180 valence electrons. The second-order valence-electron chi connectivity index (χ2n) is 8.98. The van der Waals surface area contributed by atoms with Crippen molar-refractivity contribution in [2.75, 3.05) is 5.88 Å². The molecule has 0 saturated heterocycles. The van der Waals surface area contributed by atoms with E-state index in [-0.39, 0.29) is 0 Å². The zero-order chi connectivity index (χ0) is 25.3. The molecular formula is C35H29ClSi. The molecule has 0 fully saturated rings. The molecule has 0 spiro atoms. The molecule has 0 unspecified atom stereocenters. The Kier molecular flexibility index (Phi) is 7.95. The Labute approximate surface area is 226 Å². The summed E-state index contributed by atoms with van der Waals surface area (Å²) in [6.45, 7) is 0. The summed E-state index contributed by atoms with van der Waals surface area (Å²) in [5, 5.41) is 5.25. The first-order valence-electron chi connectivity index (χ1n) is 12.6. The van der Waals surface area contributed by atoms with E-state index < -0.39 is 8.07 Å². The van der Waals surface area contributed by atoms with Crippen molar-refractivity contribution in [3.05, 3.63) is 174 Å². The van der Waals surface area contributed by atoms with Crippen LogP contribution >= 0.6 is 11.6 Å². The number of benzene rings is 5. The van der Waals surface area contributed by atoms with Gasteiger partial charge in [-0.25, -0.2) is 0 Å². The first kappa shape index (κ1) is 24.8. The summed E-state index contributed by atoms with van der Waals surface area (Å²) in [6.07, 6.45) is 4.47. The molecule has 5 rings (SSSR count). The van der Waals surface area contributed by atoms with Crippen molar-refractivity contribution < 1.29 is 0 Å². The number of alkyl halides is 1. The highest BCUT2D eigenvalue weighted by molar-refractivity contribution is 7.17. The Morgan fingerprint density at radius 2 is 0.892 bits per heavy atom. The highest BCUT2D eigenvalue weighted by Gasteiger charge is 2.43. The number of allylic oxidation sites excluding steroid dienone is 3. The lowest BCUT2D eigenvalue weighted by molar-refractivity contribution is 1.53. The van der Waals surface area contributed by atoms with Crippen molar-refractivity contribution in [2.45, 2.75) is 0 Å². The number of rotatable bonds is 8. The van der Waals surface area contributed by atoms with E-state index >= 15 is 0 Å². The van der Waals surface area contributed by atoms with E-state index in [1.54, 1.807) is 0 Å². The Morgan fingerprint density at radius 3 is 1.30 bits per heavy atom. The van der Waals surface area contributed by atoms with Gasteiger partial charge in [-0.1, -0.05) is 164 Å². The van der Waals surface area contributed by atoms with Crippen LogP contribution in [0, 0.1) is 0 Å². The van der Waals surface area contributed by atoms with Crippen LogP contribution in [0.4, 0.5) is 0 Å². The summed E-state index contributed by atoms with van der Waals surface area (Å²) in [6, 6.07) is 54.0. The third-order valence-electron chi connectivity index (χ3n) is 6.86. The van der Waals surface area contributed by atoms with Gasteiger partial charge in [0.15, 0.2) is 8.07 Å². The lowest BCUT2D eigenvalue weighted by Gasteiger charge is -2.37. The molecule has 0 bridgehead atoms. The maximum absolute atomic E-state index is 7.07. The van der Waals surface area contributed by atoms with Crippen LogP contribution in [0.25, 0.3) is 11.6 Å². The SMILES string of the molecule is ClC/C(=C(\C=C\c1ccccc1)c1ccccc1)[Si](c1ccccc1)(c1ccccc1)c1ccccc1. The number of hydrogen-bond donors (Lipinski definition) is 0. The number of halogens is 1. The van der Waals surface area contributed by atoms with E-state index in [4.69, 9.17) is 11.6 Å². The first-order chi connectivity index (χ1) is 18.3. The van der Waals surface area contributed by atoms with Crippen LogP contribution in [0.1, 0.15) is 11.1 Å². The Morgan fingerprint density at radius 1 is 0.514 bits per heavy atom. The fourth-order valence-corrected chi connectivity index (χ4v) is 10.9. The Hall–Kier alpha value is -3.91. The molecule has 0 aliphatic heterocycles. The van der Waals surface area contributed by atoms with Gasteiger partial charge in [-0.2, -0.15) is 0 Å². The van der Waals surface area contributed by atoms with Crippen molar-refractivity contribution >= 4 is 46.9 Å². The van der Waals surface area contributed by atoms with Crippen LogP contribution in [0.2, 0.25) is 0 Å². The van der Waals surface area contributed by atoms with E-state index in [2.05, 4.69) is 158 Å². The molecule has 0 saturated carbocycles. The highest BCUT2D eigenvalue weighted by Crippen LogP contribution is 2.29. The fourth-order valence-electron chi connectivity index (χ4n) is 5.19. The zero-order valence-electron chi connectivity index (χ0n) is 20.7. The molecule has 0 heterocycles. The minimum absolute atomic E-state index is 0.425. The Bertz CT molecular complexity index is 1360. The monoisotopic (exact) mass is 512 g/mol. The van der Waals surface area contributed by atoms with Crippen LogP contribution in [0.3, 0.4) is 0 Å². The normalized spacial score (nSPS) is 12.4. The van der Waals surface area contributed by atoms with Crippen molar-refractivity contribution in [2.24, 2.45) is 0 Å². The molecule has 0 aliphatic rings. The molecule has 37 heavy (non-hydrogen) atoms. The molecule has 0 N–H and O–H groups in total. The van der Waals surface area contributed by atoms with Crippen LogP contribution in [0.15, 0.2) is 163 Å². The van der Waals surface area contributed by atoms with Gasteiger partial charge in [-0.05, 0) is 37.5 Å². The van der Waals surface area contributed by atoms with E-state index in [1.807, 2.05) is 6.07 Å². The van der Waals surface area contributed by atoms with Gasteiger partial charge >= 0.3 is 0 Å². The average Bonchev–Trinajstić information content (AvgIpc) is 2.99. The summed E-state index contributed by atoms with van der Waals surface area (Å²) in [5.74, 6) is 0.425. The average molecular weight is 513 g/mol. The van der Waals surface area contributed by atoms with Crippen LogP contribution in [-0.2, 0) is 0 Å². The largest absolute Gasteiger partial charge is 0.177 e. The molecule has 0 amide bonds. The van der Waals surface area contributed by atoms with E-state index in [0.717, 1.165) is 5.56 Å². The standard InChI is InChI=1S/C35H29ClSi/c36-28-35(34(30-18-8-2-9-19-30)27-26-29-16-6-1-7-17-29)37(31-20-10-3-11-21-31,32-22-12-4-13-23-32)33-24-14-5-15-25-33/h1-27H,28H2/b27-26+,35-34-. The molecule has 0 atom stereocenters. The van der Waals surface area contributed by atoms with Gasteiger partial charge in [-0.15, -0.1) is 11.6 Å². The lowest BCUT2D eigenvalue weighted by atomic mass is 10.0. The second-order valence-corrected chi connectivity index (χ2v) is 13.1. The van der Waals surface area contributed by atoms with Crippen LogP contribution < -0.4 is 15.6 Å². The van der Waals surface area contributed by atoms with Crippen LogP contribution in [-0.4, -0.2) is 14.0 Å². The third kappa shape index (κ3) is 5.15. The van der Waals surface area contributed by atoms with Crippen LogP contribution in [0.5, 0.6) is 0 Å². The second kappa shape index (κ2) is 11.9. The molecule has 2 heteroatoms.